The molecule has 3 fully saturated rings. The van der Waals surface area contributed by atoms with E-state index in [4.69, 9.17) is 10.1 Å². The fourth-order valence-electron chi connectivity index (χ4n) is 4.55. The summed E-state index contributed by atoms with van der Waals surface area (Å²) in [6.45, 7) is 7.45. The van der Waals surface area contributed by atoms with E-state index in [2.05, 4.69) is 57.0 Å². The molecule has 3 aliphatic heterocycles. The molecule has 6 rings (SSSR count). The Morgan fingerprint density at radius 3 is 2.71 bits per heavy atom. The Morgan fingerprint density at radius 2 is 2.04 bits per heavy atom. The predicted molar refractivity (Wildman–Crippen MR) is 112 cm³/mol. The van der Waals surface area contributed by atoms with Gasteiger partial charge in [0.2, 0.25) is 0 Å². The molecule has 0 saturated carbocycles. The highest BCUT2D eigenvalue weighted by atomic mass is 15.4. The van der Waals surface area contributed by atoms with Gasteiger partial charge in [-0.25, -0.2) is 0 Å². The van der Waals surface area contributed by atoms with E-state index in [1.165, 1.54) is 6.42 Å². The van der Waals surface area contributed by atoms with E-state index < -0.39 is 0 Å². The van der Waals surface area contributed by atoms with Crippen molar-refractivity contribution in [3.8, 4) is 11.4 Å². The number of likely N-dealkylation sites (N-methyl/N-ethyl adjacent to an activating group) is 1. The molecule has 0 aliphatic carbocycles. The molecule has 28 heavy (non-hydrogen) atoms. The van der Waals surface area contributed by atoms with Crippen LogP contribution in [0.5, 0.6) is 0 Å². The molecule has 2 unspecified atom stereocenters. The first-order valence-electron chi connectivity index (χ1n) is 10.1. The van der Waals surface area contributed by atoms with Crippen LogP contribution >= 0.6 is 0 Å². The highest BCUT2D eigenvalue weighted by Gasteiger charge is 2.43. The lowest BCUT2D eigenvalue weighted by Gasteiger charge is -2.55. The van der Waals surface area contributed by atoms with E-state index in [-0.39, 0.29) is 0 Å². The molecular weight excluding hydrogens is 352 g/mol. The Labute approximate surface area is 164 Å². The molecule has 3 saturated heterocycles. The minimum absolute atomic E-state index is 0.522. The summed E-state index contributed by atoms with van der Waals surface area (Å²) in [6.07, 6.45) is 5.08. The molecule has 0 radical (unpaired) electrons. The van der Waals surface area contributed by atoms with Crippen LogP contribution in [0.15, 0.2) is 18.5 Å². The number of fused-ring (bicyclic) bond motifs is 3. The quantitative estimate of drug-likeness (QED) is 0.708. The Bertz CT molecular complexity index is 991. The van der Waals surface area contributed by atoms with Gasteiger partial charge in [0.15, 0.2) is 5.82 Å². The zero-order chi connectivity index (χ0) is 19.4. The minimum atomic E-state index is 0.522. The molecule has 3 aromatic rings. The van der Waals surface area contributed by atoms with Gasteiger partial charge in [-0.05, 0) is 25.5 Å². The second-order valence-corrected chi connectivity index (χ2v) is 8.51. The number of hydrogen-bond donors (Lipinski definition) is 2. The predicted octanol–water partition coefficient (Wildman–Crippen LogP) is 2.41. The number of hydrogen-bond acceptors (Lipinski definition) is 6. The maximum absolute atomic E-state index is 5.04. The first-order valence-corrected chi connectivity index (χ1v) is 10.1. The van der Waals surface area contributed by atoms with Gasteiger partial charge >= 0.3 is 0 Å². The molecular formula is C20H28N8. The smallest absolute Gasteiger partial charge is 0.160 e. The molecule has 8 heteroatoms. The van der Waals surface area contributed by atoms with Crippen molar-refractivity contribution >= 4 is 22.4 Å². The summed E-state index contributed by atoms with van der Waals surface area (Å²) in [7, 11) is 4.13. The third kappa shape index (κ3) is 2.66. The zero-order valence-electron chi connectivity index (χ0n) is 17.0. The maximum atomic E-state index is 5.04. The molecule has 148 valence electrons. The molecule has 0 spiro atoms. The van der Waals surface area contributed by atoms with E-state index in [1.807, 2.05) is 13.2 Å². The number of H-pyrrole nitrogens is 1. The molecule has 0 aromatic carbocycles. The van der Waals surface area contributed by atoms with Crippen LogP contribution in [0.1, 0.15) is 20.3 Å². The Morgan fingerprint density at radius 1 is 1.25 bits per heavy atom. The highest BCUT2D eigenvalue weighted by Crippen LogP contribution is 2.36. The Hall–Kier alpha value is -2.61. The van der Waals surface area contributed by atoms with Crippen LogP contribution in [0, 0.1) is 5.92 Å². The lowest BCUT2D eigenvalue weighted by molar-refractivity contribution is 0.0261. The third-order valence-electron chi connectivity index (χ3n) is 6.18. The van der Waals surface area contributed by atoms with Gasteiger partial charge < -0.3 is 10.2 Å². The van der Waals surface area contributed by atoms with E-state index in [0.717, 1.165) is 53.4 Å². The van der Waals surface area contributed by atoms with Crippen molar-refractivity contribution < 1.29 is 0 Å². The van der Waals surface area contributed by atoms with Gasteiger partial charge in [0, 0.05) is 45.0 Å². The van der Waals surface area contributed by atoms with Gasteiger partial charge in [-0.3, -0.25) is 19.7 Å². The van der Waals surface area contributed by atoms with E-state index in [1.54, 1.807) is 6.20 Å². The number of piperidine rings is 1. The average molecular weight is 381 g/mol. The van der Waals surface area contributed by atoms with Crippen LogP contribution in [0.3, 0.4) is 0 Å². The first kappa shape index (κ1) is 17.5. The van der Waals surface area contributed by atoms with Crippen molar-refractivity contribution in [2.24, 2.45) is 5.92 Å². The van der Waals surface area contributed by atoms with Crippen LogP contribution in [-0.2, 0) is 6.54 Å². The van der Waals surface area contributed by atoms with Crippen LogP contribution < -0.4 is 10.2 Å². The summed E-state index contributed by atoms with van der Waals surface area (Å²) in [5.74, 6) is 1.60. The number of anilines is 2. The lowest BCUT2D eigenvalue weighted by atomic mass is 9.88. The molecule has 3 aliphatic rings. The van der Waals surface area contributed by atoms with Gasteiger partial charge in [-0.1, -0.05) is 13.8 Å². The summed E-state index contributed by atoms with van der Waals surface area (Å²) in [6, 6.07) is 3.44. The number of pyridine rings is 1. The molecule has 2 N–H and O–H groups in total. The number of rotatable bonds is 5. The molecule has 0 amide bonds. The van der Waals surface area contributed by atoms with E-state index >= 15 is 0 Å². The number of nitrogens with one attached hydrogen (secondary N) is 2. The molecule has 2 atom stereocenters. The van der Waals surface area contributed by atoms with Gasteiger partial charge in [0.05, 0.1) is 28.5 Å². The van der Waals surface area contributed by atoms with Crippen molar-refractivity contribution in [3.05, 3.63) is 18.5 Å². The maximum Gasteiger partial charge on any atom is 0.160 e. The van der Waals surface area contributed by atoms with Crippen molar-refractivity contribution in [1.82, 2.24) is 29.9 Å². The van der Waals surface area contributed by atoms with Crippen molar-refractivity contribution in [1.29, 1.82) is 0 Å². The number of piperazine rings is 1. The SMILES string of the molecule is CNc1cn[nH]c1-c1cc2c(cn1)c(N1CC3CC(C1)N3C)nn2CC(C)C. The summed E-state index contributed by atoms with van der Waals surface area (Å²) in [5.41, 5.74) is 3.87. The Balaban J connectivity index is 1.58. The molecule has 2 bridgehead atoms. The molecule has 8 nitrogen and oxygen atoms in total. The van der Waals surface area contributed by atoms with Crippen LogP contribution in [0.4, 0.5) is 11.5 Å². The van der Waals surface area contributed by atoms with Gasteiger partial charge in [0.1, 0.15) is 5.69 Å². The monoisotopic (exact) mass is 380 g/mol. The summed E-state index contributed by atoms with van der Waals surface area (Å²) >= 11 is 0. The zero-order valence-corrected chi connectivity index (χ0v) is 17.0. The Kier molecular flexibility index (Phi) is 4.04. The first-order chi connectivity index (χ1) is 13.5. The van der Waals surface area contributed by atoms with Gasteiger partial charge in [-0.2, -0.15) is 10.2 Å². The fourth-order valence-corrected chi connectivity index (χ4v) is 4.55. The minimum Gasteiger partial charge on any atom is -0.385 e. The summed E-state index contributed by atoms with van der Waals surface area (Å²) in [5, 5.41) is 16.6. The molecule has 3 aromatic heterocycles. The van der Waals surface area contributed by atoms with Crippen LogP contribution in [0.25, 0.3) is 22.3 Å². The second kappa shape index (κ2) is 6.48. The van der Waals surface area contributed by atoms with Crippen molar-refractivity contribution in [2.45, 2.75) is 38.9 Å². The average Bonchev–Trinajstić information content (AvgIpc) is 3.31. The molecule has 6 heterocycles. The van der Waals surface area contributed by atoms with Gasteiger partial charge in [0.25, 0.3) is 0 Å². The second-order valence-electron chi connectivity index (χ2n) is 8.51. The summed E-state index contributed by atoms with van der Waals surface area (Å²) < 4.78 is 2.15. The van der Waals surface area contributed by atoms with Crippen molar-refractivity contribution in [3.63, 3.8) is 0 Å². The lowest BCUT2D eigenvalue weighted by Crippen LogP contribution is -2.67. The largest absolute Gasteiger partial charge is 0.385 e. The number of aromatic amines is 1. The fraction of sp³-hybridized carbons (Fsp3) is 0.550. The standard InChI is InChI=1S/C20H28N8/c1-12(2)9-28-18-6-16(19-17(21-3)8-23-24-19)22-7-15(18)20(25-28)27-10-13-5-14(11-27)26(13)4/h6-8,12-14,21H,5,9-11H2,1-4H3,(H,23,24). The number of aromatic nitrogens is 5. The highest BCUT2D eigenvalue weighted by molar-refractivity contribution is 5.92. The topological polar surface area (TPSA) is 77.9 Å². The van der Waals surface area contributed by atoms with Crippen LogP contribution in [0.2, 0.25) is 0 Å². The van der Waals surface area contributed by atoms with E-state index in [0.29, 0.717) is 18.0 Å². The van der Waals surface area contributed by atoms with Crippen molar-refractivity contribution in [2.75, 3.05) is 37.4 Å². The number of nitrogens with zero attached hydrogens (tertiary/aromatic N) is 6. The third-order valence-corrected chi connectivity index (χ3v) is 6.18. The summed E-state index contributed by atoms with van der Waals surface area (Å²) in [4.78, 5) is 9.70. The normalized spacial score (nSPS) is 22.1. The van der Waals surface area contributed by atoms with Gasteiger partial charge in [-0.15, -0.1) is 0 Å². The van der Waals surface area contributed by atoms with E-state index in [9.17, 15) is 0 Å². The van der Waals surface area contributed by atoms with Crippen LogP contribution in [-0.4, -0.2) is 69.1 Å².